The van der Waals surface area contributed by atoms with Gasteiger partial charge in [-0.3, -0.25) is 4.79 Å². The van der Waals surface area contributed by atoms with Crippen molar-refractivity contribution in [1.82, 2.24) is 15.5 Å². The predicted octanol–water partition coefficient (Wildman–Crippen LogP) is 2.54. The molecule has 0 spiro atoms. The summed E-state index contributed by atoms with van der Waals surface area (Å²) in [5, 5.41) is 11.4. The highest BCUT2D eigenvalue weighted by molar-refractivity contribution is 5.79. The standard InChI is InChI=1S/C18H22N4O2/c1-12-2-4-14(5-3-12)17-20-21-18(24-17)22-10-8-13(9-11-22)16(23)19-15-6-7-15/h2-5,13,15H,6-11H2,1H3,(H,19,23). The lowest BCUT2D eigenvalue weighted by Gasteiger charge is -2.29. The van der Waals surface area contributed by atoms with Crippen molar-refractivity contribution >= 4 is 11.9 Å². The van der Waals surface area contributed by atoms with E-state index in [1.807, 2.05) is 31.2 Å². The fourth-order valence-corrected chi connectivity index (χ4v) is 3.04. The Morgan fingerprint density at radius 1 is 1.12 bits per heavy atom. The van der Waals surface area contributed by atoms with Gasteiger partial charge in [0.25, 0.3) is 0 Å². The maximum atomic E-state index is 12.1. The van der Waals surface area contributed by atoms with Gasteiger partial charge in [0.2, 0.25) is 11.8 Å². The molecule has 0 atom stereocenters. The van der Waals surface area contributed by atoms with Crippen LogP contribution < -0.4 is 10.2 Å². The van der Waals surface area contributed by atoms with Crippen LogP contribution in [-0.4, -0.2) is 35.2 Å². The SMILES string of the molecule is Cc1ccc(-c2nnc(N3CCC(C(=O)NC4CC4)CC3)o2)cc1. The number of nitrogens with zero attached hydrogens (tertiary/aromatic N) is 3. The van der Waals surface area contributed by atoms with Gasteiger partial charge in [-0.1, -0.05) is 22.8 Å². The van der Waals surface area contributed by atoms with Gasteiger partial charge in [0.15, 0.2) is 0 Å². The van der Waals surface area contributed by atoms with Crippen LogP contribution in [0.4, 0.5) is 6.01 Å². The van der Waals surface area contributed by atoms with Crippen LogP contribution in [-0.2, 0) is 4.79 Å². The molecule has 1 aromatic heterocycles. The van der Waals surface area contributed by atoms with Crippen molar-refractivity contribution in [3.8, 4) is 11.5 Å². The number of carbonyl (C=O) groups is 1. The molecule has 0 unspecified atom stereocenters. The second-order valence-corrected chi connectivity index (χ2v) is 6.80. The average Bonchev–Trinajstić information content (AvgIpc) is 3.28. The molecule has 1 N–H and O–H groups in total. The van der Waals surface area contributed by atoms with E-state index in [9.17, 15) is 4.79 Å². The Morgan fingerprint density at radius 2 is 1.83 bits per heavy atom. The number of aromatic nitrogens is 2. The molecule has 2 aromatic rings. The lowest BCUT2D eigenvalue weighted by atomic mass is 9.96. The summed E-state index contributed by atoms with van der Waals surface area (Å²) in [6.07, 6.45) is 3.93. The Hall–Kier alpha value is -2.37. The second kappa shape index (κ2) is 6.26. The molecule has 24 heavy (non-hydrogen) atoms. The number of amides is 1. The second-order valence-electron chi connectivity index (χ2n) is 6.80. The minimum absolute atomic E-state index is 0.112. The average molecular weight is 326 g/mol. The van der Waals surface area contributed by atoms with Crippen molar-refractivity contribution in [2.75, 3.05) is 18.0 Å². The summed E-state index contributed by atoms with van der Waals surface area (Å²) in [5.41, 5.74) is 2.13. The quantitative estimate of drug-likeness (QED) is 0.935. The molecule has 2 fully saturated rings. The lowest BCUT2D eigenvalue weighted by Crippen LogP contribution is -2.41. The van der Waals surface area contributed by atoms with Gasteiger partial charge in [0, 0.05) is 30.6 Å². The first-order chi connectivity index (χ1) is 11.7. The summed E-state index contributed by atoms with van der Waals surface area (Å²) in [4.78, 5) is 14.2. The molecule has 2 aliphatic rings. The van der Waals surface area contributed by atoms with Crippen molar-refractivity contribution < 1.29 is 9.21 Å². The summed E-state index contributed by atoms with van der Waals surface area (Å²) in [6.45, 7) is 3.60. The van der Waals surface area contributed by atoms with Crippen molar-refractivity contribution in [3.63, 3.8) is 0 Å². The number of hydrogen-bond acceptors (Lipinski definition) is 5. The van der Waals surface area contributed by atoms with Crippen molar-refractivity contribution in [1.29, 1.82) is 0 Å². The zero-order valence-corrected chi connectivity index (χ0v) is 13.9. The van der Waals surface area contributed by atoms with E-state index in [2.05, 4.69) is 20.4 Å². The van der Waals surface area contributed by atoms with E-state index < -0.39 is 0 Å². The first-order valence-corrected chi connectivity index (χ1v) is 8.65. The Kier molecular flexibility index (Phi) is 3.96. The van der Waals surface area contributed by atoms with Gasteiger partial charge in [-0.05, 0) is 44.7 Å². The molecule has 1 saturated carbocycles. The minimum Gasteiger partial charge on any atom is -0.403 e. The maximum absolute atomic E-state index is 12.1. The van der Waals surface area contributed by atoms with Crippen molar-refractivity contribution in [2.24, 2.45) is 5.92 Å². The molecule has 2 heterocycles. The summed E-state index contributed by atoms with van der Waals surface area (Å²) < 4.78 is 5.82. The normalized spacial score (nSPS) is 18.6. The van der Waals surface area contributed by atoms with E-state index in [1.54, 1.807) is 0 Å². The van der Waals surface area contributed by atoms with Gasteiger partial charge in [-0.25, -0.2) is 0 Å². The van der Waals surface area contributed by atoms with Crippen LogP contribution in [0.2, 0.25) is 0 Å². The molecular weight excluding hydrogens is 304 g/mol. The van der Waals surface area contributed by atoms with Crippen LogP contribution in [0.3, 0.4) is 0 Å². The highest BCUT2D eigenvalue weighted by atomic mass is 16.4. The number of aryl methyl sites for hydroxylation is 1. The summed E-state index contributed by atoms with van der Waals surface area (Å²) in [7, 11) is 0. The van der Waals surface area contributed by atoms with Crippen molar-refractivity contribution in [2.45, 2.75) is 38.6 Å². The van der Waals surface area contributed by atoms with Gasteiger partial charge in [0.1, 0.15) is 0 Å². The fraction of sp³-hybridized carbons (Fsp3) is 0.500. The Balaban J connectivity index is 1.37. The lowest BCUT2D eigenvalue weighted by molar-refractivity contribution is -0.125. The van der Waals surface area contributed by atoms with Gasteiger partial charge in [-0.15, -0.1) is 5.10 Å². The van der Waals surface area contributed by atoms with E-state index >= 15 is 0 Å². The Morgan fingerprint density at radius 3 is 2.50 bits per heavy atom. The maximum Gasteiger partial charge on any atom is 0.318 e. The van der Waals surface area contributed by atoms with E-state index in [4.69, 9.17) is 4.42 Å². The monoisotopic (exact) mass is 326 g/mol. The Labute approximate surface area is 141 Å². The largest absolute Gasteiger partial charge is 0.403 e. The molecule has 1 amide bonds. The molecule has 1 aliphatic heterocycles. The number of benzene rings is 1. The highest BCUT2D eigenvalue weighted by Gasteiger charge is 2.31. The summed E-state index contributed by atoms with van der Waals surface area (Å²) >= 11 is 0. The molecule has 0 radical (unpaired) electrons. The van der Waals surface area contributed by atoms with E-state index in [1.165, 1.54) is 5.56 Å². The topological polar surface area (TPSA) is 71.3 Å². The number of anilines is 1. The van der Waals surface area contributed by atoms with E-state index in [0.29, 0.717) is 17.9 Å². The van der Waals surface area contributed by atoms with Crippen LogP contribution in [0.1, 0.15) is 31.2 Å². The smallest absolute Gasteiger partial charge is 0.318 e. The third-order valence-corrected chi connectivity index (χ3v) is 4.77. The molecule has 0 bridgehead atoms. The first-order valence-electron chi connectivity index (χ1n) is 8.65. The van der Waals surface area contributed by atoms with Crippen LogP contribution in [0.15, 0.2) is 28.7 Å². The molecule has 1 aromatic carbocycles. The molecule has 126 valence electrons. The van der Waals surface area contributed by atoms with E-state index in [0.717, 1.165) is 44.3 Å². The summed E-state index contributed by atoms with van der Waals surface area (Å²) in [5.74, 6) is 0.864. The number of hydrogen-bond donors (Lipinski definition) is 1. The Bertz CT molecular complexity index is 713. The number of nitrogens with one attached hydrogen (secondary N) is 1. The van der Waals surface area contributed by atoms with Crippen LogP contribution in [0.5, 0.6) is 0 Å². The molecule has 6 nitrogen and oxygen atoms in total. The highest BCUT2D eigenvalue weighted by Crippen LogP contribution is 2.27. The van der Waals surface area contributed by atoms with Gasteiger partial charge < -0.3 is 14.6 Å². The third-order valence-electron chi connectivity index (χ3n) is 4.77. The summed E-state index contributed by atoms with van der Waals surface area (Å²) in [6, 6.07) is 9.02. The third kappa shape index (κ3) is 3.27. The van der Waals surface area contributed by atoms with Crippen LogP contribution >= 0.6 is 0 Å². The molecule has 1 aliphatic carbocycles. The predicted molar refractivity (Wildman–Crippen MR) is 90.6 cm³/mol. The first kappa shape index (κ1) is 15.2. The zero-order chi connectivity index (χ0) is 16.5. The van der Waals surface area contributed by atoms with E-state index in [-0.39, 0.29) is 11.8 Å². The van der Waals surface area contributed by atoms with Crippen LogP contribution in [0.25, 0.3) is 11.5 Å². The van der Waals surface area contributed by atoms with Crippen LogP contribution in [0, 0.1) is 12.8 Å². The van der Waals surface area contributed by atoms with Crippen molar-refractivity contribution in [3.05, 3.63) is 29.8 Å². The zero-order valence-electron chi connectivity index (χ0n) is 13.9. The molecule has 4 rings (SSSR count). The molecule has 6 heteroatoms. The number of carbonyl (C=O) groups excluding carboxylic acids is 1. The molecular formula is C18H22N4O2. The number of piperidine rings is 1. The van der Waals surface area contributed by atoms with Gasteiger partial charge >= 0.3 is 6.01 Å². The number of rotatable bonds is 4. The molecule has 1 saturated heterocycles. The van der Waals surface area contributed by atoms with Gasteiger partial charge in [-0.2, -0.15) is 0 Å². The van der Waals surface area contributed by atoms with Gasteiger partial charge in [0.05, 0.1) is 0 Å². The fourth-order valence-electron chi connectivity index (χ4n) is 3.04. The minimum atomic E-state index is 0.112.